The number of carbonyl (C=O) groups is 1. The lowest BCUT2D eigenvalue weighted by Gasteiger charge is -2.25. The highest BCUT2D eigenvalue weighted by atomic mass is 16.5. The van der Waals surface area contributed by atoms with Crippen LogP contribution in [0.1, 0.15) is 35.3 Å². The Labute approximate surface area is 161 Å². The Morgan fingerprint density at radius 3 is 2.26 bits per heavy atom. The van der Waals surface area contributed by atoms with Gasteiger partial charge in [0.25, 0.3) is 0 Å². The minimum atomic E-state index is -0.285. The van der Waals surface area contributed by atoms with E-state index in [9.17, 15) is 4.79 Å². The van der Waals surface area contributed by atoms with E-state index in [4.69, 9.17) is 9.47 Å². The zero-order chi connectivity index (χ0) is 20.0. The average molecular weight is 365 g/mol. The maximum atomic E-state index is 12.5. The SMILES string of the molecule is C=CC(C)(C)c1ccc(OC)c(C=CC(=O)c2ccc(NC)cc2)c1OC. The average Bonchev–Trinajstić information content (AvgIpc) is 2.70. The van der Waals surface area contributed by atoms with Crippen molar-refractivity contribution >= 4 is 17.5 Å². The topological polar surface area (TPSA) is 47.6 Å². The number of anilines is 1. The summed E-state index contributed by atoms with van der Waals surface area (Å²) in [5.74, 6) is 1.23. The molecule has 0 amide bonds. The molecular weight excluding hydrogens is 338 g/mol. The molecule has 1 N–H and O–H groups in total. The molecule has 0 unspecified atom stereocenters. The molecule has 142 valence electrons. The molecule has 4 nitrogen and oxygen atoms in total. The fourth-order valence-electron chi connectivity index (χ4n) is 2.81. The standard InChI is InChI=1S/C23H27NO3/c1-7-23(2,3)19-13-15-21(26-5)18(22(19)27-6)12-14-20(25)16-8-10-17(24-4)11-9-16/h7-15,24H,1H2,2-6H3. The number of ether oxygens (including phenoxy) is 2. The lowest BCUT2D eigenvalue weighted by Crippen LogP contribution is -2.15. The molecule has 2 aromatic rings. The highest BCUT2D eigenvalue weighted by molar-refractivity contribution is 6.07. The van der Waals surface area contributed by atoms with Crippen LogP contribution in [0.15, 0.2) is 55.1 Å². The van der Waals surface area contributed by atoms with Crippen molar-refractivity contribution in [3.8, 4) is 11.5 Å². The minimum Gasteiger partial charge on any atom is -0.496 e. The van der Waals surface area contributed by atoms with Gasteiger partial charge in [0.05, 0.1) is 19.8 Å². The highest BCUT2D eigenvalue weighted by Gasteiger charge is 2.24. The molecule has 0 aliphatic heterocycles. The summed E-state index contributed by atoms with van der Waals surface area (Å²) in [6.45, 7) is 8.04. The summed E-state index contributed by atoms with van der Waals surface area (Å²) in [7, 11) is 5.06. The van der Waals surface area contributed by atoms with Crippen molar-refractivity contribution in [3.05, 3.63) is 71.8 Å². The van der Waals surface area contributed by atoms with E-state index in [1.54, 1.807) is 38.5 Å². The number of benzene rings is 2. The van der Waals surface area contributed by atoms with Gasteiger partial charge in [0.15, 0.2) is 5.78 Å². The van der Waals surface area contributed by atoms with Crippen LogP contribution in [0, 0.1) is 0 Å². The zero-order valence-corrected chi connectivity index (χ0v) is 16.6. The zero-order valence-electron chi connectivity index (χ0n) is 16.6. The Kier molecular flexibility index (Phi) is 6.45. The summed E-state index contributed by atoms with van der Waals surface area (Å²) in [5, 5.41) is 3.04. The Morgan fingerprint density at radius 2 is 1.74 bits per heavy atom. The lowest BCUT2D eigenvalue weighted by molar-refractivity contribution is 0.104. The number of hydrogen-bond donors (Lipinski definition) is 1. The van der Waals surface area contributed by atoms with Gasteiger partial charge in [0.2, 0.25) is 0 Å². The maximum absolute atomic E-state index is 12.5. The van der Waals surface area contributed by atoms with Crippen LogP contribution in [-0.4, -0.2) is 27.1 Å². The van der Waals surface area contributed by atoms with Gasteiger partial charge >= 0.3 is 0 Å². The second kappa shape index (κ2) is 8.58. The molecule has 0 radical (unpaired) electrons. The van der Waals surface area contributed by atoms with Gasteiger partial charge in [-0.15, -0.1) is 6.58 Å². The molecule has 27 heavy (non-hydrogen) atoms. The van der Waals surface area contributed by atoms with E-state index < -0.39 is 0 Å². The summed E-state index contributed by atoms with van der Waals surface area (Å²) >= 11 is 0. The van der Waals surface area contributed by atoms with E-state index >= 15 is 0 Å². The first-order valence-corrected chi connectivity index (χ1v) is 8.77. The summed E-state index contributed by atoms with van der Waals surface area (Å²) < 4.78 is 11.2. The quantitative estimate of drug-likeness (QED) is 0.401. The summed E-state index contributed by atoms with van der Waals surface area (Å²) in [5.41, 5.74) is 3.00. The third kappa shape index (κ3) is 4.40. The molecule has 4 heteroatoms. The Morgan fingerprint density at radius 1 is 1.07 bits per heavy atom. The van der Waals surface area contributed by atoms with Crippen molar-refractivity contribution in [2.24, 2.45) is 0 Å². The molecule has 0 fully saturated rings. The van der Waals surface area contributed by atoms with Crippen molar-refractivity contribution in [1.29, 1.82) is 0 Å². The van der Waals surface area contributed by atoms with Crippen molar-refractivity contribution in [1.82, 2.24) is 0 Å². The number of carbonyl (C=O) groups excluding carboxylic acids is 1. The maximum Gasteiger partial charge on any atom is 0.185 e. The molecule has 0 saturated carbocycles. The van der Waals surface area contributed by atoms with E-state index in [0.717, 1.165) is 16.8 Å². The monoisotopic (exact) mass is 365 g/mol. The number of methoxy groups -OCH3 is 2. The second-order valence-corrected chi connectivity index (χ2v) is 6.71. The molecular formula is C23H27NO3. The summed E-state index contributed by atoms with van der Waals surface area (Å²) in [6.07, 6.45) is 5.16. The van der Waals surface area contributed by atoms with Gasteiger partial charge in [-0.25, -0.2) is 0 Å². The van der Waals surface area contributed by atoms with Crippen LogP contribution in [0.3, 0.4) is 0 Å². The van der Waals surface area contributed by atoms with Crippen LogP contribution in [0.4, 0.5) is 5.69 Å². The van der Waals surface area contributed by atoms with Gasteiger partial charge in [0.1, 0.15) is 11.5 Å². The van der Waals surface area contributed by atoms with E-state index in [1.807, 2.05) is 37.4 Å². The number of ketones is 1. The Balaban J connectivity index is 2.46. The lowest BCUT2D eigenvalue weighted by atomic mass is 9.83. The molecule has 0 atom stereocenters. The Hall–Kier alpha value is -3.01. The van der Waals surface area contributed by atoms with Gasteiger partial charge in [-0.1, -0.05) is 26.0 Å². The van der Waals surface area contributed by atoms with Crippen LogP contribution < -0.4 is 14.8 Å². The van der Waals surface area contributed by atoms with Crippen LogP contribution in [0.5, 0.6) is 11.5 Å². The molecule has 2 rings (SSSR count). The first kappa shape index (κ1) is 20.3. The number of nitrogens with one attached hydrogen (secondary N) is 1. The Bertz CT molecular complexity index is 849. The second-order valence-electron chi connectivity index (χ2n) is 6.71. The largest absolute Gasteiger partial charge is 0.496 e. The van der Waals surface area contributed by atoms with Crippen molar-refractivity contribution < 1.29 is 14.3 Å². The third-order valence-electron chi connectivity index (χ3n) is 4.64. The van der Waals surface area contributed by atoms with E-state index in [0.29, 0.717) is 17.1 Å². The molecule has 0 aromatic heterocycles. The molecule has 0 bridgehead atoms. The van der Waals surface area contributed by atoms with Gasteiger partial charge < -0.3 is 14.8 Å². The number of rotatable bonds is 8. The molecule has 0 saturated heterocycles. The van der Waals surface area contributed by atoms with Gasteiger partial charge in [-0.3, -0.25) is 4.79 Å². The molecule has 0 spiro atoms. The number of allylic oxidation sites excluding steroid dienone is 2. The van der Waals surface area contributed by atoms with Crippen LogP contribution in [-0.2, 0) is 5.41 Å². The fourth-order valence-corrected chi connectivity index (χ4v) is 2.81. The highest BCUT2D eigenvalue weighted by Crippen LogP contribution is 2.40. The van der Waals surface area contributed by atoms with Gasteiger partial charge in [-0.05, 0) is 42.5 Å². The fraction of sp³-hybridized carbons (Fsp3) is 0.261. The predicted molar refractivity (Wildman–Crippen MR) is 112 cm³/mol. The van der Waals surface area contributed by atoms with Crippen LogP contribution in [0.25, 0.3) is 6.08 Å². The molecule has 0 aliphatic carbocycles. The van der Waals surface area contributed by atoms with Crippen LogP contribution in [0.2, 0.25) is 0 Å². The normalized spacial score (nSPS) is 11.3. The molecule has 0 aliphatic rings. The molecule has 2 aromatic carbocycles. The van der Waals surface area contributed by atoms with Crippen LogP contribution >= 0.6 is 0 Å². The smallest absolute Gasteiger partial charge is 0.185 e. The van der Waals surface area contributed by atoms with E-state index in [1.165, 1.54) is 0 Å². The van der Waals surface area contributed by atoms with Gasteiger partial charge in [-0.2, -0.15) is 0 Å². The minimum absolute atomic E-state index is 0.0878. The van der Waals surface area contributed by atoms with Gasteiger partial charge in [0, 0.05) is 29.3 Å². The van der Waals surface area contributed by atoms with Crippen molar-refractivity contribution in [2.75, 3.05) is 26.6 Å². The summed E-state index contributed by atoms with van der Waals surface area (Å²) in [6, 6.07) is 11.2. The third-order valence-corrected chi connectivity index (χ3v) is 4.64. The predicted octanol–water partition coefficient (Wildman–Crippen LogP) is 5.11. The first-order valence-electron chi connectivity index (χ1n) is 8.77. The molecule has 0 heterocycles. The van der Waals surface area contributed by atoms with E-state index in [-0.39, 0.29) is 11.2 Å². The first-order chi connectivity index (χ1) is 12.9. The van der Waals surface area contributed by atoms with Crippen molar-refractivity contribution in [2.45, 2.75) is 19.3 Å². The van der Waals surface area contributed by atoms with E-state index in [2.05, 4.69) is 25.7 Å². The van der Waals surface area contributed by atoms with Crippen molar-refractivity contribution in [3.63, 3.8) is 0 Å². The summed E-state index contributed by atoms with van der Waals surface area (Å²) in [4.78, 5) is 12.5. The number of hydrogen-bond acceptors (Lipinski definition) is 4.